The Kier molecular flexibility index (Phi) is 4.43. The zero-order valence-corrected chi connectivity index (χ0v) is 8.71. The number of hydrogen-bond donors (Lipinski definition) is 1. The molecule has 4 heteroatoms. The third-order valence-electron chi connectivity index (χ3n) is 2.41. The molecule has 0 unspecified atom stereocenters. The van der Waals surface area contributed by atoms with E-state index in [1.54, 1.807) is 4.90 Å². The van der Waals surface area contributed by atoms with Crippen LogP contribution in [0.2, 0.25) is 0 Å². The van der Waals surface area contributed by atoms with Gasteiger partial charge in [-0.15, -0.1) is 0 Å². The number of amides is 2. The summed E-state index contributed by atoms with van der Waals surface area (Å²) in [6, 6.07) is -0.0223. The zero-order chi connectivity index (χ0) is 10.4. The maximum atomic E-state index is 11.5. The van der Waals surface area contributed by atoms with Crippen LogP contribution in [-0.2, 0) is 4.79 Å². The third-order valence-corrected chi connectivity index (χ3v) is 2.41. The van der Waals surface area contributed by atoms with Gasteiger partial charge in [0.1, 0.15) is 5.78 Å². The number of rotatable bonds is 3. The van der Waals surface area contributed by atoms with Crippen LogP contribution < -0.4 is 5.32 Å². The van der Waals surface area contributed by atoms with Gasteiger partial charge >= 0.3 is 6.03 Å². The Labute approximate surface area is 84.7 Å². The average molecular weight is 198 g/mol. The van der Waals surface area contributed by atoms with Gasteiger partial charge in [0.15, 0.2) is 0 Å². The second-order valence-electron chi connectivity index (χ2n) is 3.61. The Hall–Kier alpha value is -1.06. The van der Waals surface area contributed by atoms with E-state index in [0.717, 1.165) is 19.4 Å². The molecule has 0 aromatic carbocycles. The molecule has 14 heavy (non-hydrogen) atoms. The number of ketones is 1. The Bertz CT molecular complexity index is 206. The summed E-state index contributed by atoms with van der Waals surface area (Å²) in [5, 5.41) is 2.84. The molecule has 1 aliphatic rings. The van der Waals surface area contributed by atoms with E-state index in [2.05, 4.69) is 12.2 Å². The summed E-state index contributed by atoms with van der Waals surface area (Å²) in [6.45, 7) is 3.99. The van der Waals surface area contributed by atoms with Crippen molar-refractivity contribution in [1.29, 1.82) is 0 Å². The van der Waals surface area contributed by atoms with E-state index in [1.807, 2.05) is 0 Å². The van der Waals surface area contributed by atoms with E-state index in [0.29, 0.717) is 25.9 Å². The molecule has 0 atom stereocenters. The van der Waals surface area contributed by atoms with Gasteiger partial charge in [0.2, 0.25) is 0 Å². The van der Waals surface area contributed by atoms with Gasteiger partial charge in [0.05, 0.1) is 0 Å². The second-order valence-corrected chi connectivity index (χ2v) is 3.61. The lowest BCUT2D eigenvalue weighted by Gasteiger charge is -2.26. The predicted octanol–water partition coefficient (Wildman–Crippen LogP) is 1.16. The van der Waals surface area contributed by atoms with E-state index in [9.17, 15) is 9.59 Å². The van der Waals surface area contributed by atoms with Crippen molar-refractivity contribution in [3.8, 4) is 0 Å². The maximum Gasteiger partial charge on any atom is 0.317 e. The molecule has 2 amide bonds. The Balaban J connectivity index is 2.20. The van der Waals surface area contributed by atoms with Crippen LogP contribution in [0, 0.1) is 0 Å². The summed E-state index contributed by atoms with van der Waals surface area (Å²) in [5.41, 5.74) is 0. The van der Waals surface area contributed by atoms with Crippen molar-refractivity contribution in [3.05, 3.63) is 0 Å². The molecule has 0 radical (unpaired) electrons. The summed E-state index contributed by atoms with van der Waals surface area (Å²) >= 11 is 0. The summed E-state index contributed by atoms with van der Waals surface area (Å²) in [7, 11) is 0. The van der Waals surface area contributed by atoms with Gasteiger partial charge in [-0.3, -0.25) is 4.79 Å². The molecule has 0 aromatic heterocycles. The molecule has 0 saturated carbocycles. The van der Waals surface area contributed by atoms with Crippen molar-refractivity contribution in [2.45, 2.75) is 32.6 Å². The minimum absolute atomic E-state index is 0.0223. The highest BCUT2D eigenvalue weighted by Crippen LogP contribution is 2.05. The number of piperidine rings is 1. The number of nitrogens with one attached hydrogen (secondary N) is 1. The molecule has 80 valence electrons. The van der Waals surface area contributed by atoms with Crippen molar-refractivity contribution >= 4 is 11.8 Å². The van der Waals surface area contributed by atoms with E-state index < -0.39 is 0 Å². The van der Waals surface area contributed by atoms with Crippen LogP contribution >= 0.6 is 0 Å². The molecule has 1 aliphatic heterocycles. The molecule has 1 saturated heterocycles. The van der Waals surface area contributed by atoms with Crippen LogP contribution in [-0.4, -0.2) is 36.3 Å². The van der Waals surface area contributed by atoms with Gasteiger partial charge in [-0.1, -0.05) is 13.3 Å². The van der Waals surface area contributed by atoms with Crippen LogP contribution in [0.1, 0.15) is 32.6 Å². The fraction of sp³-hybridized carbons (Fsp3) is 0.800. The molecule has 0 spiro atoms. The SMILES string of the molecule is CCCCNC(=O)N1CCC(=O)CC1. The minimum atomic E-state index is -0.0223. The standard InChI is InChI=1S/C10H18N2O2/c1-2-3-6-11-10(14)12-7-4-9(13)5-8-12/h2-8H2,1H3,(H,11,14). The van der Waals surface area contributed by atoms with E-state index >= 15 is 0 Å². The fourth-order valence-corrected chi connectivity index (χ4v) is 1.44. The second kappa shape index (κ2) is 5.62. The number of Topliss-reactive ketones (excluding diaryl/α,β-unsaturated/α-hetero) is 1. The first-order valence-corrected chi connectivity index (χ1v) is 5.28. The smallest absolute Gasteiger partial charge is 0.317 e. The average Bonchev–Trinajstić information content (AvgIpc) is 2.19. The molecular weight excluding hydrogens is 180 g/mol. The number of likely N-dealkylation sites (tertiary alicyclic amines) is 1. The minimum Gasteiger partial charge on any atom is -0.338 e. The number of unbranched alkanes of at least 4 members (excludes halogenated alkanes) is 1. The van der Waals surface area contributed by atoms with Crippen molar-refractivity contribution in [3.63, 3.8) is 0 Å². The fourth-order valence-electron chi connectivity index (χ4n) is 1.44. The highest BCUT2D eigenvalue weighted by molar-refractivity contribution is 5.82. The van der Waals surface area contributed by atoms with Crippen molar-refractivity contribution in [2.24, 2.45) is 0 Å². The summed E-state index contributed by atoms with van der Waals surface area (Å²) in [4.78, 5) is 24.1. The van der Waals surface area contributed by atoms with Crippen LogP contribution in [0.3, 0.4) is 0 Å². The Morgan fingerprint density at radius 1 is 1.43 bits per heavy atom. The predicted molar refractivity (Wildman–Crippen MR) is 54.1 cm³/mol. The number of carbonyl (C=O) groups excluding carboxylic acids is 2. The number of nitrogens with zero attached hydrogens (tertiary/aromatic N) is 1. The van der Waals surface area contributed by atoms with Gasteiger partial charge < -0.3 is 10.2 Å². The van der Waals surface area contributed by atoms with Crippen molar-refractivity contribution < 1.29 is 9.59 Å². The first-order chi connectivity index (χ1) is 6.74. The molecule has 1 heterocycles. The van der Waals surface area contributed by atoms with Crippen molar-refractivity contribution in [1.82, 2.24) is 10.2 Å². The summed E-state index contributed by atoms with van der Waals surface area (Å²) < 4.78 is 0. The number of carbonyl (C=O) groups is 2. The third kappa shape index (κ3) is 3.36. The van der Waals surface area contributed by atoms with Crippen LogP contribution in [0.4, 0.5) is 4.79 Å². The van der Waals surface area contributed by atoms with Crippen LogP contribution in [0.15, 0.2) is 0 Å². The molecule has 0 aliphatic carbocycles. The monoisotopic (exact) mass is 198 g/mol. The lowest BCUT2D eigenvalue weighted by atomic mass is 10.1. The first kappa shape index (κ1) is 11.0. The summed E-state index contributed by atoms with van der Waals surface area (Å²) in [6.07, 6.45) is 3.12. The van der Waals surface area contributed by atoms with Crippen molar-refractivity contribution in [2.75, 3.05) is 19.6 Å². The normalized spacial score (nSPS) is 16.9. The Morgan fingerprint density at radius 2 is 2.07 bits per heavy atom. The quantitative estimate of drug-likeness (QED) is 0.692. The van der Waals surface area contributed by atoms with Crippen LogP contribution in [0.25, 0.3) is 0 Å². The van der Waals surface area contributed by atoms with E-state index in [-0.39, 0.29) is 11.8 Å². The maximum absolute atomic E-state index is 11.5. The highest BCUT2D eigenvalue weighted by Gasteiger charge is 2.19. The molecule has 0 bridgehead atoms. The molecule has 1 rings (SSSR count). The van der Waals surface area contributed by atoms with Gasteiger partial charge in [0, 0.05) is 32.5 Å². The zero-order valence-electron chi connectivity index (χ0n) is 8.71. The van der Waals surface area contributed by atoms with E-state index in [4.69, 9.17) is 0 Å². The number of hydrogen-bond acceptors (Lipinski definition) is 2. The van der Waals surface area contributed by atoms with Crippen LogP contribution in [0.5, 0.6) is 0 Å². The molecule has 1 N–H and O–H groups in total. The van der Waals surface area contributed by atoms with Gasteiger partial charge in [0.25, 0.3) is 0 Å². The molecule has 0 aromatic rings. The first-order valence-electron chi connectivity index (χ1n) is 5.28. The topological polar surface area (TPSA) is 49.4 Å². The summed E-state index contributed by atoms with van der Waals surface area (Å²) in [5.74, 6) is 0.266. The number of urea groups is 1. The lowest BCUT2D eigenvalue weighted by Crippen LogP contribution is -2.44. The highest BCUT2D eigenvalue weighted by atomic mass is 16.2. The van der Waals surface area contributed by atoms with Gasteiger partial charge in [-0.05, 0) is 6.42 Å². The largest absolute Gasteiger partial charge is 0.338 e. The van der Waals surface area contributed by atoms with Gasteiger partial charge in [-0.2, -0.15) is 0 Å². The molecule has 1 fully saturated rings. The molecular formula is C10H18N2O2. The van der Waals surface area contributed by atoms with E-state index in [1.165, 1.54) is 0 Å². The molecule has 4 nitrogen and oxygen atoms in total. The Morgan fingerprint density at radius 3 is 2.64 bits per heavy atom. The van der Waals surface area contributed by atoms with Gasteiger partial charge in [-0.25, -0.2) is 4.79 Å². The lowest BCUT2D eigenvalue weighted by molar-refractivity contribution is -0.120.